The number of nitrogens with zero attached hydrogens (tertiary/aromatic N) is 3. The van der Waals surface area contributed by atoms with Crippen LogP contribution in [0.3, 0.4) is 0 Å². The number of benzene rings is 3. The zero-order valence-corrected chi connectivity index (χ0v) is 38.4. The minimum Gasteiger partial charge on any atom is -0.486 e. The third-order valence-electron chi connectivity index (χ3n) is 9.84. The van der Waals surface area contributed by atoms with Crippen LogP contribution in [-0.4, -0.2) is 28.2 Å². The average Bonchev–Trinajstić information content (AvgIpc) is 3.47. The van der Waals surface area contributed by atoms with Gasteiger partial charge in [-0.3, -0.25) is 0 Å². The Morgan fingerprint density at radius 2 is 1.52 bits per heavy atom. The van der Waals surface area contributed by atoms with Crippen molar-refractivity contribution in [3.8, 4) is 33.8 Å². The fourth-order valence-corrected chi connectivity index (χ4v) is 10.6. The van der Waals surface area contributed by atoms with E-state index in [0.717, 1.165) is 56.5 Å². The van der Waals surface area contributed by atoms with E-state index >= 15 is 0 Å². The molecule has 0 saturated heterocycles. The van der Waals surface area contributed by atoms with Crippen molar-refractivity contribution in [2.75, 3.05) is 0 Å². The molecule has 0 N–H and O–H groups in total. The molecule has 7 aromatic rings. The number of pyridine rings is 3. The monoisotopic (exact) mass is 954 g/mol. The number of furan rings is 1. The Morgan fingerprint density at radius 3 is 2.15 bits per heavy atom. The van der Waals surface area contributed by atoms with E-state index in [-0.39, 0.29) is 25.5 Å². The maximum Gasteiger partial charge on any atom is 0.216 e. The van der Waals surface area contributed by atoms with Gasteiger partial charge in [0.1, 0.15) is 0 Å². The normalized spacial score (nSPS) is 11.8. The Bertz CT molecular complexity index is 2390. The van der Waals surface area contributed by atoms with Gasteiger partial charge in [-0.25, -0.2) is 4.98 Å². The number of hydrogen-bond donors (Lipinski definition) is 0. The third-order valence-corrected chi connectivity index (χ3v) is 14.2. The van der Waals surface area contributed by atoms with E-state index in [0.29, 0.717) is 11.6 Å². The number of fused-ring (bicyclic) bond motifs is 3. The summed E-state index contributed by atoms with van der Waals surface area (Å²) in [6.45, 7) is 19.7. The second-order valence-electron chi connectivity index (χ2n) is 17.0. The predicted octanol–water partition coefficient (Wildman–Crippen LogP) is 12.3. The fraction of sp³-hybridized carbons (Fsp3) is 0.312. The summed E-state index contributed by atoms with van der Waals surface area (Å²) >= 11 is -1.86. The Labute approximate surface area is 339 Å². The van der Waals surface area contributed by atoms with Gasteiger partial charge in [-0.1, -0.05) is 62.4 Å². The van der Waals surface area contributed by atoms with Crippen LogP contribution in [-0.2, 0) is 31.9 Å². The van der Waals surface area contributed by atoms with Crippen LogP contribution in [0.2, 0.25) is 17.3 Å². The minimum atomic E-state index is -1.86. The second kappa shape index (κ2) is 16.5. The molecule has 0 bridgehead atoms. The van der Waals surface area contributed by atoms with E-state index in [1.54, 1.807) is 4.40 Å². The van der Waals surface area contributed by atoms with Gasteiger partial charge in [0, 0.05) is 37.3 Å². The van der Waals surface area contributed by atoms with E-state index in [2.05, 4.69) is 151 Å². The molecule has 0 amide bonds. The molecule has 0 aliphatic rings. The summed E-state index contributed by atoms with van der Waals surface area (Å²) in [5.41, 5.74) is 15.1. The standard InChI is InChI=1S/C30H29N2O.C18H24GeN.Ir/c1-17-14-19(3)26(20(4)15-17)24-11-10-23-27-18(2)8-9-22(28(27)33-29(23)32-24)25-16-21(12-13-31-25)30(5,6)7;1-14(2)11-16-12-18(15-9-7-6-8-10-15)20-13-17(16)19(3,4)5;/h8,10-16H,1-7H3;6-9,12-14H,11H2,1-5H3;/q2*-1;. The first-order valence-corrected chi connectivity index (χ1v) is 26.1. The SMILES string of the molecule is CC(C)Cc1cc(-c2[c-]cccc2)nc[c]1[Ge]([CH3])([CH3])[CH3].Cc1cc(C)c(-c2ccc3c(n2)oc2c(-c4cc(C(C)(C)C)ccn4)[c-]cc(C)c23)c(C)c1.[Ir]. The Hall–Kier alpha value is -3.90. The average molecular weight is 953 g/mol. The van der Waals surface area contributed by atoms with Crippen LogP contribution in [0, 0.1) is 45.7 Å². The maximum absolute atomic E-state index is 6.43. The predicted molar refractivity (Wildman–Crippen MR) is 227 cm³/mol. The molecule has 6 heteroatoms. The summed E-state index contributed by atoms with van der Waals surface area (Å²) in [5, 5.41) is 2.11. The van der Waals surface area contributed by atoms with Crippen molar-refractivity contribution in [3.05, 3.63) is 131 Å². The molecular weight excluding hydrogens is 899 g/mol. The van der Waals surface area contributed by atoms with Gasteiger partial charge in [0.2, 0.25) is 5.71 Å². The maximum atomic E-state index is 6.43. The van der Waals surface area contributed by atoms with E-state index in [4.69, 9.17) is 14.4 Å². The Kier molecular flexibility index (Phi) is 12.6. The topological polar surface area (TPSA) is 51.8 Å². The molecule has 7 rings (SSSR count). The van der Waals surface area contributed by atoms with Crippen LogP contribution in [0.4, 0.5) is 0 Å². The molecule has 4 aromatic heterocycles. The molecule has 0 aliphatic carbocycles. The van der Waals surface area contributed by atoms with Crippen molar-refractivity contribution in [2.24, 2.45) is 5.92 Å². The molecule has 0 spiro atoms. The van der Waals surface area contributed by atoms with Gasteiger partial charge in [-0.2, -0.15) is 0 Å². The molecule has 0 saturated carbocycles. The number of rotatable bonds is 6. The quantitative estimate of drug-likeness (QED) is 0.123. The van der Waals surface area contributed by atoms with Crippen molar-refractivity contribution < 1.29 is 24.5 Å². The van der Waals surface area contributed by atoms with Crippen LogP contribution >= 0.6 is 0 Å². The van der Waals surface area contributed by atoms with Gasteiger partial charge in [-0.05, 0) is 66.8 Å². The Balaban J connectivity index is 0.000000230. The molecular formula is C48H53GeIrN3O-2. The van der Waals surface area contributed by atoms with Gasteiger partial charge >= 0.3 is 126 Å². The summed E-state index contributed by atoms with van der Waals surface area (Å²) in [6.07, 6.45) is 5.14. The van der Waals surface area contributed by atoms with Crippen LogP contribution in [0.25, 0.3) is 55.8 Å². The second-order valence-corrected chi connectivity index (χ2v) is 27.6. The molecule has 4 nitrogen and oxygen atoms in total. The third kappa shape index (κ3) is 8.97. The molecule has 3 aromatic carbocycles. The largest absolute Gasteiger partial charge is 0.486 e. The smallest absolute Gasteiger partial charge is 0.216 e. The van der Waals surface area contributed by atoms with Crippen molar-refractivity contribution in [1.82, 2.24) is 15.0 Å². The first kappa shape index (κ1) is 41.3. The summed E-state index contributed by atoms with van der Waals surface area (Å²) < 4.78 is 7.97. The first-order valence-electron chi connectivity index (χ1n) is 18.8. The molecule has 1 radical (unpaired) electrons. The summed E-state index contributed by atoms with van der Waals surface area (Å²) in [4.78, 5) is 14.3. The van der Waals surface area contributed by atoms with Crippen molar-refractivity contribution in [1.29, 1.82) is 0 Å². The summed E-state index contributed by atoms with van der Waals surface area (Å²) in [5.74, 6) is 7.99. The van der Waals surface area contributed by atoms with Gasteiger partial charge < -0.3 is 9.40 Å². The van der Waals surface area contributed by atoms with E-state index in [1.165, 1.54) is 33.4 Å². The van der Waals surface area contributed by atoms with E-state index in [1.807, 2.05) is 30.5 Å². The zero-order chi connectivity index (χ0) is 38.2. The first-order chi connectivity index (χ1) is 25.0. The van der Waals surface area contributed by atoms with Crippen LogP contribution in [0.15, 0.2) is 89.6 Å². The number of aromatic nitrogens is 3. The van der Waals surface area contributed by atoms with Gasteiger partial charge in [-0.15, -0.1) is 17.7 Å². The van der Waals surface area contributed by atoms with Crippen molar-refractivity contribution in [2.45, 2.75) is 91.4 Å². The van der Waals surface area contributed by atoms with Crippen molar-refractivity contribution >= 4 is 39.7 Å². The van der Waals surface area contributed by atoms with Gasteiger partial charge in [0.25, 0.3) is 0 Å². The molecule has 281 valence electrons. The summed E-state index contributed by atoms with van der Waals surface area (Å²) in [7, 11) is 0. The number of hydrogen-bond acceptors (Lipinski definition) is 4. The summed E-state index contributed by atoms with van der Waals surface area (Å²) in [6, 6.07) is 32.0. The van der Waals surface area contributed by atoms with Crippen molar-refractivity contribution in [3.63, 3.8) is 0 Å². The fourth-order valence-electron chi connectivity index (χ4n) is 7.29. The molecule has 0 atom stereocenters. The molecule has 4 heterocycles. The molecule has 54 heavy (non-hydrogen) atoms. The van der Waals surface area contributed by atoms with Crippen LogP contribution < -0.4 is 4.40 Å². The van der Waals surface area contributed by atoms with Crippen LogP contribution in [0.5, 0.6) is 0 Å². The molecule has 0 aliphatic heterocycles. The van der Waals surface area contributed by atoms with E-state index in [9.17, 15) is 0 Å². The van der Waals surface area contributed by atoms with Crippen LogP contribution in [0.1, 0.15) is 68.0 Å². The van der Waals surface area contributed by atoms with Gasteiger partial charge in [0.15, 0.2) is 0 Å². The minimum absolute atomic E-state index is 0. The zero-order valence-electron chi connectivity index (χ0n) is 34.0. The van der Waals surface area contributed by atoms with E-state index < -0.39 is 13.3 Å². The number of aryl methyl sites for hydroxylation is 4. The molecule has 0 unspecified atom stereocenters. The van der Waals surface area contributed by atoms with Gasteiger partial charge in [0.05, 0.1) is 11.3 Å². The Morgan fingerprint density at radius 1 is 0.796 bits per heavy atom. The molecule has 0 fully saturated rings.